The lowest BCUT2D eigenvalue weighted by Crippen LogP contribution is -2.34. The summed E-state index contributed by atoms with van der Waals surface area (Å²) in [6.45, 7) is 5.16. The quantitative estimate of drug-likeness (QED) is 0.0293. The number of rotatable bonds is 25. The van der Waals surface area contributed by atoms with E-state index in [1.165, 1.54) is 89.4 Å². The molecule has 6 N–H and O–H groups in total. The van der Waals surface area contributed by atoms with Gasteiger partial charge in [0.15, 0.2) is 0 Å². The average Bonchev–Trinajstić information content (AvgIpc) is 1.89. The Morgan fingerprint density at radius 3 is 1.35 bits per heavy atom. The molecule has 3 fully saturated rings. The van der Waals surface area contributed by atoms with Crippen LogP contribution in [-0.2, 0) is 70.5 Å². The summed E-state index contributed by atoms with van der Waals surface area (Å²) in [5.41, 5.74) is 2.10. The molecule has 3 saturated carbocycles. The molecule has 0 bridgehead atoms. The molecule has 3 aliphatic carbocycles. The van der Waals surface area contributed by atoms with Crippen LogP contribution in [0.5, 0.6) is 0 Å². The minimum absolute atomic E-state index is 0.0145. The van der Waals surface area contributed by atoms with Crippen molar-refractivity contribution >= 4 is 81.6 Å². The minimum atomic E-state index is -3.89. The Bertz CT molecular complexity index is 4030. The molecular weight excluding hydrogens is 1140 g/mol. The largest absolute Gasteiger partial charge is 0.337 e. The van der Waals surface area contributed by atoms with E-state index in [9.17, 15) is 39.6 Å². The predicted molar refractivity (Wildman–Crippen MR) is 327 cm³/mol. The molecule has 84 heavy (non-hydrogen) atoms. The van der Waals surface area contributed by atoms with Crippen molar-refractivity contribution < 1.29 is 38.4 Å². The van der Waals surface area contributed by atoms with Crippen molar-refractivity contribution in [3.8, 4) is 0 Å². The van der Waals surface area contributed by atoms with E-state index in [-0.39, 0.29) is 69.5 Å². The molecule has 6 aromatic rings. The number of pyridine rings is 3. The molecule has 0 aliphatic heterocycles. The van der Waals surface area contributed by atoms with E-state index >= 15 is 13.2 Å². The van der Waals surface area contributed by atoms with Gasteiger partial charge in [0, 0.05) is 37.8 Å². The Balaban J connectivity index is 0.858. The van der Waals surface area contributed by atoms with Gasteiger partial charge in [-0.15, -0.1) is 0 Å². The molecule has 0 saturated heterocycles. The predicted octanol–water partition coefficient (Wildman–Crippen LogP) is 11.0. The SMILES string of the molecule is Cc1ccc(Nc2c(NS(=O)(=O)C3CCC3)cc(C(C)CCCc3ccc(Nc4c(NS(=O)(=O)C5CCC5)cc(CCCCc5ccc(Nc6c(NS(=O)(=O)C7CCCC7)cc(C)c(=O)n6C)c(F)c5)c(=O)n4C)c(F)c3)c(=O)n2C)c(F)c1. The molecule has 0 amide bonds. The van der Waals surface area contributed by atoms with Crippen LogP contribution in [0.15, 0.2) is 87.2 Å². The number of nitrogens with one attached hydrogen (secondary N) is 6. The first-order valence-corrected chi connectivity index (χ1v) is 33.3. The van der Waals surface area contributed by atoms with Gasteiger partial charge in [-0.05, 0) is 175 Å². The summed E-state index contributed by atoms with van der Waals surface area (Å²) < 4.78 is 139. The number of benzene rings is 3. The number of nitrogens with zero attached hydrogens (tertiary/aromatic N) is 3. The lowest BCUT2D eigenvalue weighted by atomic mass is 9.94. The molecule has 3 aromatic heterocycles. The second-order valence-electron chi connectivity index (χ2n) is 22.9. The number of anilines is 9. The molecule has 3 aromatic carbocycles. The highest BCUT2D eigenvalue weighted by Crippen LogP contribution is 2.37. The maximum atomic E-state index is 16.1. The van der Waals surface area contributed by atoms with Crippen LogP contribution < -0.4 is 46.8 Å². The van der Waals surface area contributed by atoms with E-state index in [1.807, 2.05) is 6.92 Å². The Morgan fingerprint density at radius 1 is 0.476 bits per heavy atom. The number of aryl methyl sites for hydroxylation is 5. The van der Waals surface area contributed by atoms with E-state index in [0.717, 1.165) is 25.7 Å². The van der Waals surface area contributed by atoms with Crippen molar-refractivity contribution in [1.29, 1.82) is 0 Å². The fourth-order valence-corrected chi connectivity index (χ4v) is 15.8. The van der Waals surface area contributed by atoms with Crippen LogP contribution in [0.1, 0.15) is 136 Å². The molecule has 1 atom stereocenters. The molecule has 0 spiro atoms. The van der Waals surface area contributed by atoms with Crippen molar-refractivity contribution in [2.75, 3.05) is 30.1 Å². The Hall–Kier alpha value is -7.05. The third-order valence-corrected chi connectivity index (χ3v) is 22.3. The normalized spacial score (nSPS) is 15.5. The van der Waals surface area contributed by atoms with E-state index in [2.05, 4.69) is 30.1 Å². The Kier molecular flexibility index (Phi) is 18.5. The second kappa shape index (κ2) is 25.3. The minimum Gasteiger partial charge on any atom is -0.337 e. The third kappa shape index (κ3) is 13.7. The zero-order valence-electron chi connectivity index (χ0n) is 48.1. The van der Waals surface area contributed by atoms with Crippen molar-refractivity contribution in [3.63, 3.8) is 0 Å². The zero-order chi connectivity index (χ0) is 60.4. The number of sulfonamides is 3. The molecule has 3 heterocycles. The van der Waals surface area contributed by atoms with Gasteiger partial charge in [-0.2, -0.15) is 0 Å². The molecule has 0 radical (unpaired) electrons. The van der Waals surface area contributed by atoms with Gasteiger partial charge in [-0.1, -0.05) is 50.8 Å². The first kappa shape index (κ1) is 61.5. The molecule has 1 unspecified atom stereocenters. The maximum Gasteiger partial charge on any atom is 0.255 e. The third-order valence-electron chi connectivity index (χ3n) is 16.7. The fourth-order valence-electron chi connectivity index (χ4n) is 11.1. The molecular formula is C60H74F3N9O9S3. The Labute approximate surface area is 488 Å². The smallest absolute Gasteiger partial charge is 0.255 e. The van der Waals surface area contributed by atoms with Crippen LogP contribution in [0.4, 0.5) is 64.7 Å². The lowest BCUT2D eigenvalue weighted by molar-refractivity contribution is 0.479. The van der Waals surface area contributed by atoms with Crippen LogP contribution in [0.3, 0.4) is 0 Å². The Morgan fingerprint density at radius 2 is 0.881 bits per heavy atom. The van der Waals surface area contributed by atoms with Gasteiger partial charge >= 0.3 is 0 Å². The first-order chi connectivity index (χ1) is 39.8. The van der Waals surface area contributed by atoms with Gasteiger partial charge in [-0.3, -0.25) is 42.3 Å². The monoisotopic (exact) mass is 1220 g/mol. The van der Waals surface area contributed by atoms with Crippen molar-refractivity contribution in [1.82, 2.24) is 13.7 Å². The van der Waals surface area contributed by atoms with Gasteiger partial charge in [-0.25, -0.2) is 38.4 Å². The van der Waals surface area contributed by atoms with Crippen molar-refractivity contribution in [3.05, 3.63) is 155 Å². The summed E-state index contributed by atoms with van der Waals surface area (Å²) in [6, 6.07) is 18.1. The van der Waals surface area contributed by atoms with Crippen molar-refractivity contribution in [2.24, 2.45) is 21.1 Å². The summed E-state index contributed by atoms with van der Waals surface area (Å²) in [7, 11) is -7.05. The standard InChI is InChI=1S/C60H74F3N9O9S3/c1-36-24-27-49(46(61)30-36)64-57-54(69-84(80,81)44-22-13-23-44)35-45(60(75)72(57)6)37(2)14-11-16-40-26-29-51(48(63)33-40)66-56-53(68-83(78,79)43-20-12-21-43)34-41(59(74)71(56)5)17-8-7-15-39-25-28-50(47(62)32-39)65-55-52(31-38(3)58(73)70(55)4)67-82(76,77)42-18-9-10-19-42/h24-35,37,42-44,64-69H,7-23H2,1-6H3. The van der Waals surface area contributed by atoms with Crippen LogP contribution in [-0.4, -0.2) is 54.7 Å². The van der Waals surface area contributed by atoms with Gasteiger partial charge in [0.1, 0.15) is 34.9 Å². The summed E-state index contributed by atoms with van der Waals surface area (Å²) in [6.07, 6.45) is 9.15. The summed E-state index contributed by atoms with van der Waals surface area (Å²) >= 11 is 0. The van der Waals surface area contributed by atoms with E-state index in [4.69, 9.17) is 0 Å². The topological polar surface area (TPSA) is 241 Å². The zero-order valence-corrected chi connectivity index (χ0v) is 50.6. The first-order valence-electron chi connectivity index (χ1n) is 28.7. The van der Waals surface area contributed by atoms with Gasteiger partial charge < -0.3 is 16.0 Å². The van der Waals surface area contributed by atoms with Gasteiger partial charge in [0.05, 0.1) is 49.9 Å². The summed E-state index contributed by atoms with van der Waals surface area (Å²) in [4.78, 5) is 40.8. The highest BCUT2D eigenvalue weighted by Gasteiger charge is 2.35. The van der Waals surface area contributed by atoms with Crippen LogP contribution >= 0.6 is 0 Å². The van der Waals surface area contributed by atoms with Gasteiger partial charge in [0.2, 0.25) is 30.1 Å². The van der Waals surface area contributed by atoms with E-state index in [1.54, 1.807) is 32.0 Å². The average molecular weight is 1220 g/mol. The van der Waals surface area contributed by atoms with Crippen LogP contribution in [0, 0.1) is 31.3 Å². The van der Waals surface area contributed by atoms with E-state index < -0.39 is 74.4 Å². The molecule has 452 valence electrons. The summed E-state index contributed by atoms with van der Waals surface area (Å²) in [5, 5.41) is 7.07. The number of hydrogen-bond acceptors (Lipinski definition) is 12. The van der Waals surface area contributed by atoms with Crippen LogP contribution in [0.25, 0.3) is 0 Å². The highest BCUT2D eigenvalue weighted by molar-refractivity contribution is 7.94. The molecule has 18 nitrogen and oxygen atoms in total. The fraction of sp³-hybridized carbons (Fsp3) is 0.450. The van der Waals surface area contributed by atoms with E-state index in [0.29, 0.717) is 110 Å². The number of aromatic nitrogens is 3. The second-order valence-corrected chi connectivity index (χ2v) is 28.8. The van der Waals surface area contributed by atoms with Gasteiger partial charge in [0.25, 0.3) is 16.7 Å². The molecule has 9 rings (SSSR count). The maximum absolute atomic E-state index is 16.1. The number of unbranched alkanes of at least 4 members (excludes halogenated alkanes) is 1. The molecule has 3 aliphatic rings. The number of hydrogen-bond donors (Lipinski definition) is 6. The lowest BCUT2D eigenvalue weighted by Gasteiger charge is -2.27. The highest BCUT2D eigenvalue weighted by atomic mass is 32.2. The van der Waals surface area contributed by atoms with Crippen LogP contribution in [0.2, 0.25) is 0 Å². The van der Waals surface area contributed by atoms with Crippen molar-refractivity contribution in [2.45, 2.75) is 152 Å². The number of halogens is 3. The molecule has 24 heteroatoms. The summed E-state index contributed by atoms with van der Waals surface area (Å²) in [5.74, 6) is -2.03.